The molecule has 0 radical (unpaired) electrons. The average molecular weight is 216 g/mol. The van der Waals surface area contributed by atoms with Gasteiger partial charge in [0, 0.05) is 18.6 Å². The van der Waals surface area contributed by atoms with Crippen LogP contribution in [0.3, 0.4) is 0 Å². The van der Waals surface area contributed by atoms with Crippen molar-refractivity contribution in [1.29, 1.82) is 0 Å². The summed E-state index contributed by atoms with van der Waals surface area (Å²) in [6.45, 7) is 0.684. The van der Waals surface area contributed by atoms with Crippen LogP contribution < -0.4 is 4.57 Å². The van der Waals surface area contributed by atoms with Gasteiger partial charge < -0.3 is 0 Å². The molecule has 0 aromatic carbocycles. The van der Waals surface area contributed by atoms with Crippen LogP contribution in [-0.2, 0) is 20.8 Å². The predicted molar refractivity (Wildman–Crippen MR) is 52.0 cm³/mol. The van der Waals surface area contributed by atoms with Crippen LogP contribution in [-0.4, -0.2) is 21.3 Å². The highest BCUT2D eigenvalue weighted by Gasteiger charge is 2.09. The number of nitrogens with zero attached hydrogens (tertiary/aromatic N) is 1. The summed E-state index contributed by atoms with van der Waals surface area (Å²) in [7, 11) is -2.12. The predicted octanol–water partition coefficient (Wildman–Crippen LogP) is 0.340. The third kappa shape index (κ3) is 3.85. The number of aryl methyl sites for hydroxylation is 1. The number of aromatic nitrogens is 1. The van der Waals surface area contributed by atoms with Crippen LogP contribution >= 0.6 is 0 Å². The van der Waals surface area contributed by atoms with Crippen molar-refractivity contribution >= 4 is 10.1 Å². The van der Waals surface area contributed by atoms with Crippen molar-refractivity contribution in [3.63, 3.8) is 0 Å². The zero-order chi connectivity index (χ0) is 10.4. The molecule has 0 bridgehead atoms. The zero-order valence-electron chi connectivity index (χ0n) is 8.09. The summed E-state index contributed by atoms with van der Waals surface area (Å²) in [5.41, 5.74) is 0. The fourth-order valence-corrected chi connectivity index (χ4v) is 1.74. The maximum Gasteiger partial charge on any atom is 0.267 e. The van der Waals surface area contributed by atoms with Crippen molar-refractivity contribution < 1.29 is 17.2 Å². The highest BCUT2D eigenvalue weighted by Crippen LogP contribution is 1.93. The fourth-order valence-electron chi connectivity index (χ4n) is 1.09. The molecular weight excluding hydrogens is 202 g/mol. The third-order valence-electron chi connectivity index (χ3n) is 1.84. The van der Waals surface area contributed by atoms with Gasteiger partial charge in [0.2, 0.25) is 0 Å². The highest BCUT2D eigenvalue weighted by atomic mass is 32.2. The van der Waals surface area contributed by atoms with Crippen LogP contribution in [0.4, 0.5) is 0 Å². The van der Waals surface area contributed by atoms with Crippen molar-refractivity contribution in [2.45, 2.75) is 13.0 Å². The molecule has 0 spiro atoms. The van der Waals surface area contributed by atoms with Crippen LogP contribution in [0, 0.1) is 0 Å². The number of pyridine rings is 1. The molecule has 0 aliphatic carbocycles. The first-order valence-electron chi connectivity index (χ1n) is 4.36. The Balaban J connectivity index is 2.37. The molecule has 0 amide bonds. The van der Waals surface area contributed by atoms with Crippen molar-refractivity contribution in [2.75, 3.05) is 12.9 Å². The normalized spacial score (nSPS) is 11.5. The standard InChI is InChI=1S/C9H14NO3S/c1-13-14(11,12)9-5-8-10-6-3-2-4-7-10/h2-4,6-7H,5,8-9H2,1H3/q+1. The fraction of sp³-hybridized carbons (Fsp3) is 0.444. The van der Waals surface area contributed by atoms with Crippen LogP contribution in [0.15, 0.2) is 30.6 Å². The van der Waals surface area contributed by atoms with Crippen LogP contribution in [0.2, 0.25) is 0 Å². The van der Waals surface area contributed by atoms with Gasteiger partial charge in [0.05, 0.1) is 12.9 Å². The van der Waals surface area contributed by atoms with E-state index in [9.17, 15) is 8.42 Å². The first-order chi connectivity index (χ1) is 6.64. The molecule has 0 unspecified atom stereocenters. The Kier molecular flexibility index (Phi) is 4.03. The smallest absolute Gasteiger partial charge is 0.267 e. The van der Waals surface area contributed by atoms with Gasteiger partial charge in [0.1, 0.15) is 6.54 Å². The SMILES string of the molecule is COS(=O)(=O)CCC[n+]1ccccc1. The van der Waals surface area contributed by atoms with E-state index in [0.717, 1.165) is 0 Å². The molecular formula is C9H14NO3S+. The minimum absolute atomic E-state index is 0.0609. The second kappa shape index (κ2) is 5.07. The Morgan fingerprint density at radius 1 is 1.21 bits per heavy atom. The lowest BCUT2D eigenvalue weighted by molar-refractivity contribution is -0.696. The lowest BCUT2D eigenvalue weighted by Crippen LogP contribution is -2.33. The van der Waals surface area contributed by atoms with Gasteiger partial charge >= 0.3 is 0 Å². The monoisotopic (exact) mass is 216 g/mol. The molecule has 0 saturated carbocycles. The van der Waals surface area contributed by atoms with E-state index < -0.39 is 10.1 Å². The van der Waals surface area contributed by atoms with Gasteiger partial charge in [0.15, 0.2) is 12.4 Å². The summed E-state index contributed by atoms with van der Waals surface area (Å²) < 4.78 is 28.2. The Labute approximate surface area is 84.3 Å². The Hall–Kier alpha value is -0.940. The summed E-state index contributed by atoms with van der Waals surface area (Å²) in [6.07, 6.45) is 4.36. The average Bonchev–Trinajstić information content (AvgIpc) is 2.19. The Bertz CT molecular complexity index is 361. The van der Waals surface area contributed by atoms with Gasteiger partial charge in [-0.25, -0.2) is 4.57 Å². The van der Waals surface area contributed by atoms with E-state index in [4.69, 9.17) is 0 Å². The third-order valence-corrected chi connectivity index (χ3v) is 3.14. The summed E-state index contributed by atoms with van der Waals surface area (Å²) in [5, 5.41) is 0. The molecule has 0 aliphatic heterocycles. The quantitative estimate of drug-likeness (QED) is 0.527. The first kappa shape index (κ1) is 11.1. The molecule has 1 aromatic rings. The molecule has 1 aromatic heterocycles. The molecule has 5 heteroatoms. The second-order valence-corrected chi connectivity index (χ2v) is 4.75. The molecule has 0 atom stereocenters. The Morgan fingerprint density at radius 2 is 1.86 bits per heavy atom. The summed E-state index contributed by atoms with van der Waals surface area (Å²) in [5.74, 6) is 0.0609. The largest absolute Gasteiger partial charge is 0.273 e. The summed E-state index contributed by atoms with van der Waals surface area (Å²) >= 11 is 0. The van der Waals surface area contributed by atoms with Gasteiger partial charge in [-0.3, -0.25) is 4.18 Å². The van der Waals surface area contributed by atoms with E-state index in [2.05, 4.69) is 4.18 Å². The molecule has 78 valence electrons. The number of hydrogen-bond acceptors (Lipinski definition) is 3. The zero-order valence-corrected chi connectivity index (χ0v) is 8.90. The molecule has 4 nitrogen and oxygen atoms in total. The molecule has 0 fully saturated rings. The number of hydrogen-bond donors (Lipinski definition) is 0. The minimum Gasteiger partial charge on any atom is -0.273 e. The van der Waals surface area contributed by atoms with Crippen LogP contribution in [0.25, 0.3) is 0 Å². The molecule has 14 heavy (non-hydrogen) atoms. The van der Waals surface area contributed by atoms with E-state index >= 15 is 0 Å². The van der Waals surface area contributed by atoms with Gasteiger partial charge in [-0.1, -0.05) is 6.07 Å². The van der Waals surface area contributed by atoms with Crippen molar-refractivity contribution in [3.05, 3.63) is 30.6 Å². The first-order valence-corrected chi connectivity index (χ1v) is 5.94. The molecule has 0 saturated heterocycles. The van der Waals surface area contributed by atoms with E-state index in [1.807, 2.05) is 35.2 Å². The molecule has 1 rings (SSSR count). The van der Waals surface area contributed by atoms with Crippen molar-refractivity contribution in [2.24, 2.45) is 0 Å². The lowest BCUT2D eigenvalue weighted by Gasteiger charge is -1.98. The van der Waals surface area contributed by atoms with Crippen molar-refractivity contribution in [3.8, 4) is 0 Å². The lowest BCUT2D eigenvalue weighted by atomic mass is 10.4. The summed E-state index contributed by atoms with van der Waals surface area (Å²) in [4.78, 5) is 0. The van der Waals surface area contributed by atoms with Gasteiger partial charge in [0.25, 0.3) is 10.1 Å². The second-order valence-electron chi connectivity index (χ2n) is 2.90. The topological polar surface area (TPSA) is 47.3 Å². The maximum atomic E-state index is 11.0. The molecule has 0 aliphatic rings. The van der Waals surface area contributed by atoms with Crippen molar-refractivity contribution in [1.82, 2.24) is 0 Å². The van der Waals surface area contributed by atoms with Crippen LogP contribution in [0.1, 0.15) is 6.42 Å². The minimum atomic E-state index is -3.30. The van der Waals surface area contributed by atoms with Gasteiger partial charge in [-0.05, 0) is 0 Å². The molecule has 1 heterocycles. The Morgan fingerprint density at radius 3 is 2.43 bits per heavy atom. The highest BCUT2D eigenvalue weighted by molar-refractivity contribution is 7.86. The van der Waals surface area contributed by atoms with E-state index in [0.29, 0.717) is 13.0 Å². The summed E-state index contributed by atoms with van der Waals surface area (Å²) in [6, 6.07) is 5.73. The van der Waals surface area contributed by atoms with E-state index in [1.54, 1.807) is 0 Å². The van der Waals surface area contributed by atoms with Gasteiger partial charge in [-0.15, -0.1) is 0 Å². The van der Waals surface area contributed by atoms with Crippen LogP contribution in [0.5, 0.6) is 0 Å². The molecule has 0 N–H and O–H groups in total. The van der Waals surface area contributed by atoms with Gasteiger partial charge in [-0.2, -0.15) is 8.42 Å². The van der Waals surface area contributed by atoms with E-state index in [-0.39, 0.29) is 5.75 Å². The van der Waals surface area contributed by atoms with E-state index in [1.165, 1.54) is 7.11 Å². The maximum absolute atomic E-state index is 11.0. The number of rotatable bonds is 5.